The van der Waals surface area contributed by atoms with Gasteiger partial charge in [-0.05, 0) is 45.4 Å². The lowest BCUT2D eigenvalue weighted by molar-refractivity contribution is -0.119. The number of anilines is 1. The van der Waals surface area contributed by atoms with Crippen LogP contribution in [0.25, 0.3) is 0 Å². The Hall–Kier alpha value is -3.14. The van der Waals surface area contributed by atoms with Gasteiger partial charge >= 0.3 is 17.9 Å². The molecule has 0 atom stereocenters. The van der Waals surface area contributed by atoms with Crippen molar-refractivity contribution in [2.24, 2.45) is 0 Å². The molecule has 2 aromatic rings. The molecule has 0 fully saturated rings. The van der Waals surface area contributed by atoms with Crippen molar-refractivity contribution in [3.8, 4) is 0 Å². The minimum atomic E-state index is -0.798. The monoisotopic (exact) mass is 423 g/mol. The zero-order valence-electron chi connectivity index (χ0n) is 16.5. The van der Waals surface area contributed by atoms with Crippen LogP contribution in [0.2, 0.25) is 0 Å². The molecular weight excluding hydrogens is 402 g/mol. The van der Waals surface area contributed by atoms with E-state index < -0.39 is 30.4 Å². The highest BCUT2D eigenvalue weighted by molar-refractivity contribution is 7.18. The number of esters is 3. The van der Waals surface area contributed by atoms with Crippen LogP contribution in [-0.4, -0.2) is 43.6 Å². The maximum Gasteiger partial charge on any atom is 0.374 e. The van der Waals surface area contributed by atoms with Crippen molar-refractivity contribution in [2.75, 3.05) is 25.1 Å². The number of hydrogen-bond donors (Lipinski definition) is 1. The second-order valence-electron chi connectivity index (χ2n) is 5.74. The summed E-state index contributed by atoms with van der Waals surface area (Å²) in [5.41, 5.74) is 0.395. The fourth-order valence-electron chi connectivity index (χ4n) is 2.35. The van der Waals surface area contributed by atoms with Crippen molar-refractivity contribution in [1.29, 1.82) is 0 Å². The first kappa shape index (κ1) is 22.2. The van der Waals surface area contributed by atoms with Gasteiger partial charge in [0.1, 0.15) is 15.6 Å². The lowest BCUT2D eigenvalue weighted by atomic mass is 10.1. The minimum Gasteiger partial charge on any atom is -0.462 e. The average molecular weight is 423 g/mol. The van der Waals surface area contributed by atoms with Gasteiger partial charge in [0.25, 0.3) is 5.91 Å². The first-order chi connectivity index (χ1) is 13.8. The smallest absolute Gasteiger partial charge is 0.374 e. The summed E-state index contributed by atoms with van der Waals surface area (Å²) < 4.78 is 20.0. The van der Waals surface area contributed by atoms with Gasteiger partial charge < -0.3 is 23.9 Å². The van der Waals surface area contributed by atoms with Gasteiger partial charge in [0.15, 0.2) is 6.61 Å². The third kappa shape index (κ3) is 5.44. The zero-order chi connectivity index (χ0) is 21.6. The molecule has 0 saturated heterocycles. The summed E-state index contributed by atoms with van der Waals surface area (Å²) in [5.74, 6) is -2.28. The summed E-state index contributed by atoms with van der Waals surface area (Å²) in [5, 5.41) is 2.59. The molecule has 2 rings (SSSR count). The second-order valence-corrected chi connectivity index (χ2v) is 6.76. The largest absolute Gasteiger partial charge is 0.462 e. The van der Waals surface area contributed by atoms with E-state index in [1.807, 2.05) is 0 Å². The molecule has 10 heteroatoms. The molecule has 0 aliphatic heterocycles. The fourth-order valence-corrected chi connectivity index (χ4v) is 3.46. The summed E-state index contributed by atoms with van der Waals surface area (Å²) in [7, 11) is 0. The van der Waals surface area contributed by atoms with Crippen molar-refractivity contribution in [1.82, 2.24) is 0 Å². The first-order valence-corrected chi connectivity index (χ1v) is 9.61. The van der Waals surface area contributed by atoms with E-state index in [0.717, 1.165) is 11.3 Å². The van der Waals surface area contributed by atoms with Crippen molar-refractivity contribution < 1.29 is 37.8 Å². The number of furan rings is 1. The van der Waals surface area contributed by atoms with Gasteiger partial charge in [-0.1, -0.05) is 0 Å². The second kappa shape index (κ2) is 9.87. The highest BCUT2D eigenvalue weighted by Crippen LogP contribution is 2.34. The molecule has 1 N–H and O–H groups in total. The topological polar surface area (TPSA) is 121 Å². The third-order valence-electron chi connectivity index (χ3n) is 3.62. The Morgan fingerprint density at radius 2 is 1.62 bits per heavy atom. The maximum atomic E-state index is 12.3. The van der Waals surface area contributed by atoms with Crippen LogP contribution in [0, 0.1) is 13.8 Å². The summed E-state index contributed by atoms with van der Waals surface area (Å²) in [6.07, 6.45) is 0. The van der Waals surface area contributed by atoms with Gasteiger partial charge in [-0.15, -0.1) is 11.3 Å². The number of carbonyl (C=O) groups is 4. The Morgan fingerprint density at radius 1 is 0.966 bits per heavy atom. The highest BCUT2D eigenvalue weighted by Gasteiger charge is 2.27. The average Bonchev–Trinajstić information content (AvgIpc) is 3.23. The molecule has 0 unspecified atom stereocenters. The molecule has 0 saturated carbocycles. The number of nitrogens with one attached hydrogen (secondary N) is 1. The quantitative estimate of drug-likeness (QED) is 0.508. The van der Waals surface area contributed by atoms with E-state index in [-0.39, 0.29) is 34.4 Å². The molecule has 0 aliphatic rings. The Kier molecular flexibility index (Phi) is 7.54. The third-order valence-corrected chi connectivity index (χ3v) is 4.80. The molecule has 1 amide bonds. The Balaban J connectivity index is 2.15. The van der Waals surface area contributed by atoms with Gasteiger partial charge in [-0.25, -0.2) is 14.4 Å². The lowest BCUT2D eigenvalue weighted by Crippen LogP contribution is -2.21. The molecule has 9 nitrogen and oxygen atoms in total. The zero-order valence-corrected chi connectivity index (χ0v) is 17.3. The van der Waals surface area contributed by atoms with E-state index in [2.05, 4.69) is 5.32 Å². The molecule has 0 aliphatic carbocycles. The van der Waals surface area contributed by atoms with Crippen LogP contribution in [0.5, 0.6) is 0 Å². The molecule has 0 radical (unpaired) electrons. The summed E-state index contributed by atoms with van der Waals surface area (Å²) in [6.45, 7) is 6.20. The molecule has 0 bridgehead atoms. The van der Waals surface area contributed by atoms with Gasteiger partial charge in [-0.3, -0.25) is 4.79 Å². The standard InChI is InChI=1S/C19H21NO8S/c1-5-25-18(23)14-11(4)15(19(24)26-6-2)29-16(14)20-13(21)9-27-17(22)12-8-7-10(3)28-12/h7-8H,5-6,9H2,1-4H3,(H,20,21). The van der Waals surface area contributed by atoms with Crippen LogP contribution in [0.4, 0.5) is 5.00 Å². The van der Waals surface area contributed by atoms with Crippen molar-refractivity contribution in [3.05, 3.63) is 39.7 Å². The van der Waals surface area contributed by atoms with E-state index >= 15 is 0 Å². The molecular formula is C19H21NO8S. The fraction of sp³-hybridized carbons (Fsp3) is 0.368. The maximum absolute atomic E-state index is 12.3. The van der Waals surface area contributed by atoms with Crippen LogP contribution in [-0.2, 0) is 19.0 Å². The minimum absolute atomic E-state index is 0.0286. The number of thiophene rings is 1. The van der Waals surface area contributed by atoms with Crippen LogP contribution < -0.4 is 5.32 Å². The number of aryl methyl sites for hydroxylation is 1. The lowest BCUT2D eigenvalue weighted by Gasteiger charge is -2.07. The Morgan fingerprint density at radius 3 is 2.21 bits per heavy atom. The van der Waals surface area contributed by atoms with E-state index in [9.17, 15) is 19.2 Å². The van der Waals surface area contributed by atoms with Crippen molar-refractivity contribution >= 4 is 40.2 Å². The van der Waals surface area contributed by atoms with Crippen molar-refractivity contribution in [2.45, 2.75) is 27.7 Å². The van der Waals surface area contributed by atoms with E-state index in [4.69, 9.17) is 18.6 Å². The van der Waals surface area contributed by atoms with Crippen LogP contribution in [0.1, 0.15) is 55.8 Å². The van der Waals surface area contributed by atoms with Gasteiger partial charge in [0.05, 0.1) is 18.8 Å². The summed E-state index contributed by atoms with van der Waals surface area (Å²) >= 11 is 0.884. The summed E-state index contributed by atoms with van der Waals surface area (Å²) in [4.78, 5) is 48.7. The van der Waals surface area contributed by atoms with E-state index in [1.54, 1.807) is 33.8 Å². The Bertz CT molecular complexity index is 927. The van der Waals surface area contributed by atoms with E-state index in [1.165, 1.54) is 6.07 Å². The van der Waals surface area contributed by atoms with Gasteiger partial charge in [0.2, 0.25) is 5.76 Å². The van der Waals surface area contributed by atoms with E-state index in [0.29, 0.717) is 11.3 Å². The number of rotatable bonds is 8. The molecule has 2 heterocycles. The molecule has 0 aromatic carbocycles. The predicted molar refractivity (Wildman–Crippen MR) is 103 cm³/mol. The molecule has 2 aromatic heterocycles. The summed E-state index contributed by atoms with van der Waals surface area (Å²) in [6, 6.07) is 3.02. The van der Waals surface area contributed by atoms with Crippen molar-refractivity contribution in [3.63, 3.8) is 0 Å². The van der Waals surface area contributed by atoms with Crippen LogP contribution >= 0.6 is 11.3 Å². The number of hydrogen-bond acceptors (Lipinski definition) is 9. The predicted octanol–water partition coefficient (Wildman–Crippen LogP) is 3.11. The van der Waals surface area contributed by atoms with Gasteiger partial charge in [0, 0.05) is 0 Å². The highest BCUT2D eigenvalue weighted by atomic mass is 32.1. The van der Waals surface area contributed by atoms with Crippen LogP contribution in [0.3, 0.4) is 0 Å². The first-order valence-electron chi connectivity index (χ1n) is 8.79. The number of carbonyl (C=O) groups excluding carboxylic acids is 4. The molecule has 29 heavy (non-hydrogen) atoms. The van der Waals surface area contributed by atoms with Crippen LogP contribution in [0.15, 0.2) is 16.5 Å². The molecule has 0 spiro atoms. The SMILES string of the molecule is CCOC(=O)c1sc(NC(=O)COC(=O)c2ccc(C)o2)c(C(=O)OCC)c1C. The van der Waals surface area contributed by atoms with Gasteiger partial charge in [-0.2, -0.15) is 0 Å². The normalized spacial score (nSPS) is 10.3. The number of ether oxygens (including phenoxy) is 3. The number of amides is 1. The molecule has 156 valence electrons. The Labute approximate surface area is 170 Å².